The Hall–Kier alpha value is -3.62. The van der Waals surface area contributed by atoms with Gasteiger partial charge in [0.05, 0.1) is 19.9 Å². The van der Waals surface area contributed by atoms with E-state index in [-0.39, 0.29) is 5.91 Å². The first-order valence-corrected chi connectivity index (χ1v) is 9.55. The van der Waals surface area contributed by atoms with Gasteiger partial charge < -0.3 is 20.1 Å². The minimum absolute atomic E-state index is 0.195. The van der Waals surface area contributed by atoms with Gasteiger partial charge in [0, 0.05) is 24.3 Å². The Labute approximate surface area is 175 Å². The summed E-state index contributed by atoms with van der Waals surface area (Å²) in [7, 11) is 3.09. The second-order valence-corrected chi connectivity index (χ2v) is 6.74. The van der Waals surface area contributed by atoms with Crippen molar-refractivity contribution in [3.05, 3.63) is 52.8 Å². The molecule has 158 valence electrons. The quantitative estimate of drug-likeness (QED) is 0.550. The number of nitrogens with zero attached hydrogens (tertiary/aromatic N) is 4. The van der Waals surface area contributed by atoms with E-state index in [0.29, 0.717) is 41.8 Å². The number of carbonyl (C=O) groups excluding carboxylic acids is 1. The van der Waals surface area contributed by atoms with Crippen LogP contribution < -0.4 is 20.1 Å². The average molecular weight is 410 g/mol. The number of amides is 1. The molecule has 2 N–H and O–H groups in total. The van der Waals surface area contributed by atoms with E-state index in [1.165, 1.54) is 7.11 Å². The fourth-order valence-electron chi connectivity index (χ4n) is 2.92. The molecule has 1 amide bonds. The van der Waals surface area contributed by atoms with E-state index < -0.39 is 0 Å². The van der Waals surface area contributed by atoms with Crippen LogP contribution in [-0.2, 0) is 0 Å². The summed E-state index contributed by atoms with van der Waals surface area (Å²) in [5, 5.41) is 18.9. The molecule has 3 rings (SSSR count). The summed E-state index contributed by atoms with van der Waals surface area (Å²) in [5.74, 6) is 2.18. The van der Waals surface area contributed by atoms with Crippen molar-refractivity contribution in [1.82, 2.24) is 25.3 Å². The first kappa shape index (κ1) is 21.1. The molecule has 0 atom stereocenters. The van der Waals surface area contributed by atoms with E-state index in [2.05, 4.69) is 25.9 Å². The van der Waals surface area contributed by atoms with E-state index in [1.54, 1.807) is 30.0 Å². The molecule has 0 fully saturated rings. The normalized spacial score (nSPS) is 10.6. The number of hydrogen-bond donors (Lipinski definition) is 2. The highest BCUT2D eigenvalue weighted by molar-refractivity contribution is 5.94. The summed E-state index contributed by atoms with van der Waals surface area (Å²) in [5.41, 5.74) is 3.66. The van der Waals surface area contributed by atoms with Crippen LogP contribution in [0.5, 0.6) is 11.5 Å². The molecule has 1 aromatic carbocycles. The Morgan fingerprint density at radius 1 is 1.00 bits per heavy atom. The molecule has 9 heteroatoms. The predicted octanol–water partition coefficient (Wildman–Crippen LogP) is 2.45. The predicted molar refractivity (Wildman–Crippen MR) is 114 cm³/mol. The Morgan fingerprint density at radius 3 is 2.37 bits per heavy atom. The van der Waals surface area contributed by atoms with Crippen LogP contribution in [0.15, 0.2) is 30.3 Å². The van der Waals surface area contributed by atoms with Crippen LogP contribution in [0.2, 0.25) is 0 Å². The third-order valence-corrected chi connectivity index (χ3v) is 4.88. The molecular formula is C21H26N6O3. The van der Waals surface area contributed by atoms with Crippen molar-refractivity contribution >= 4 is 11.7 Å². The van der Waals surface area contributed by atoms with E-state index in [1.807, 2.05) is 32.9 Å². The van der Waals surface area contributed by atoms with Gasteiger partial charge in [-0.15, -0.1) is 10.2 Å². The molecule has 2 heterocycles. The number of carbonyl (C=O) groups is 1. The summed E-state index contributed by atoms with van der Waals surface area (Å²) in [4.78, 5) is 12.3. The third kappa shape index (κ3) is 4.51. The lowest BCUT2D eigenvalue weighted by atomic mass is 10.2. The fraction of sp³-hybridized carbons (Fsp3) is 0.333. The number of benzene rings is 1. The molecule has 0 aliphatic carbocycles. The van der Waals surface area contributed by atoms with Crippen molar-refractivity contribution in [1.29, 1.82) is 0 Å². The standard InChI is InChI=1S/C21H26N6O3/c1-13-14(2)26-27(15(13)3)20-9-8-19(24-25-20)22-10-11-23-21(28)16-6-7-17(29-4)18(12-16)30-5/h6-9,12H,10-11H2,1-5H3,(H,22,24)(H,23,28). The van der Waals surface area contributed by atoms with Crippen LogP contribution in [0.25, 0.3) is 5.82 Å². The summed E-state index contributed by atoms with van der Waals surface area (Å²) in [6.07, 6.45) is 0. The molecule has 0 aliphatic rings. The topological polar surface area (TPSA) is 103 Å². The molecular weight excluding hydrogens is 384 g/mol. The van der Waals surface area contributed by atoms with Gasteiger partial charge in [0.2, 0.25) is 0 Å². The van der Waals surface area contributed by atoms with Crippen molar-refractivity contribution in [3.8, 4) is 17.3 Å². The van der Waals surface area contributed by atoms with Crippen LogP contribution in [0.3, 0.4) is 0 Å². The Balaban J connectivity index is 1.52. The zero-order valence-electron chi connectivity index (χ0n) is 17.8. The lowest BCUT2D eigenvalue weighted by Gasteiger charge is -2.10. The SMILES string of the molecule is COc1ccc(C(=O)NCCNc2ccc(-n3nc(C)c(C)c3C)nn2)cc1OC. The molecule has 0 radical (unpaired) electrons. The van der Waals surface area contributed by atoms with Gasteiger partial charge in [-0.2, -0.15) is 5.10 Å². The van der Waals surface area contributed by atoms with Crippen molar-refractivity contribution in [2.45, 2.75) is 20.8 Å². The molecule has 0 saturated carbocycles. The van der Waals surface area contributed by atoms with Crippen molar-refractivity contribution < 1.29 is 14.3 Å². The minimum atomic E-state index is -0.195. The van der Waals surface area contributed by atoms with Gasteiger partial charge in [-0.3, -0.25) is 4.79 Å². The molecule has 30 heavy (non-hydrogen) atoms. The molecule has 9 nitrogen and oxygen atoms in total. The minimum Gasteiger partial charge on any atom is -0.493 e. The second-order valence-electron chi connectivity index (χ2n) is 6.74. The van der Waals surface area contributed by atoms with E-state index in [9.17, 15) is 4.79 Å². The van der Waals surface area contributed by atoms with Crippen molar-refractivity contribution in [2.24, 2.45) is 0 Å². The van der Waals surface area contributed by atoms with Crippen LogP contribution in [0, 0.1) is 20.8 Å². The maximum Gasteiger partial charge on any atom is 0.251 e. The molecule has 2 aromatic heterocycles. The highest BCUT2D eigenvalue weighted by Gasteiger charge is 2.11. The van der Waals surface area contributed by atoms with Crippen molar-refractivity contribution in [3.63, 3.8) is 0 Å². The highest BCUT2D eigenvalue weighted by Crippen LogP contribution is 2.27. The van der Waals surface area contributed by atoms with Gasteiger partial charge in [-0.25, -0.2) is 4.68 Å². The molecule has 0 bridgehead atoms. The number of ether oxygens (including phenoxy) is 2. The molecule has 0 aliphatic heterocycles. The number of aromatic nitrogens is 4. The summed E-state index contributed by atoms with van der Waals surface area (Å²) < 4.78 is 12.2. The summed E-state index contributed by atoms with van der Waals surface area (Å²) >= 11 is 0. The van der Waals surface area contributed by atoms with Gasteiger partial charge in [-0.05, 0) is 56.7 Å². The summed E-state index contributed by atoms with van der Waals surface area (Å²) in [6, 6.07) is 8.73. The van der Waals surface area contributed by atoms with Crippen molar-refractivity contribution in [2.75, 3.05) is 32.6 Å². The molecule has 0 spiro atoms. The van der Waals surface area contributed by atoms with Gasteiger partial charge in [0.25, 0.3) is 5.91 Å². The van der Waals surface area contributed by atoms with Crippen LogP contribution >= 0.6 is 0 Å². The van der Waals surface area contributed by atoms with E-state index >= 15 is 0 Å². The van der Waals surface area contributed by atoms with E-state index in [0.717, 1.165) is 17.0 Å². The van der Waals surface area contributed by atoms with Crippen LogP contribution in [0.4, 0.5) is 5.82 Å². The average Bonchev–Trinajstić information content (AvgIpc) is 3.03. The number of methoxy groups -OCH3 is 2. The van der Waals surface area contributed by atoms with E-state index in [4.69, 9.17) is 9.47 Å². The highest BCUT2D eigenvalue weighted by atomic mass is 16.5. The van der Waals surface area contributed by atoms with Gasteiger partial charge in [0.1, 0.15) is 5.82 Å². The summed E-state index contributed by atoms with van der Waals surface area (Å²) in [6.45, 7) is 6.94. The number of rotatable bonds is 8. The van der Waals surface area contributed by atoms with Gasteiger partial charge in [-0.1, -0.05) is 0 Å². The maximum atomic E-state index is 12.3. The first-order chi connectivity index (χ1) is 14.4. The smallest absolute Gasteiger partial charge is 0.251 e. The monoisotopic (exact) mass is 410 g/mol. The van der Waals surface area contributed by atoms with Gasteiger partial charge >= 0.3 is 0 Å². The fourth-order valence-corrected chi connectivity index (χ4v) is 2.92. The van der Waals surface area contributed by atoms with Crippen LogP contribution in [0.1, 0.15) is 27.3 Å². The largest absolute Gasteiger partial charge is 0.493 e. The molecule has 0 saturated heterocycles. The Bertz CT molecular complexity index is 1030. The molecule has 3 aromatic rings. The number of anilines is 1. The Kier molecular flexibility index (Phi) is 6.51. The Morgan fingerprint density at radius 2 is 1.77 bits per heavy atom. The maximum absolute atomic E-state index is 12.3. The second kappa shape index (κ2) is 9.25. The first-order valence-electron chi connectivity index (χ1n) is 9.55. The number of hydrogen-bond acceptors (Lipinski definition) is 7. The lowest BCUT2D eigenvalue weighted by molar-refractivity contribution is 0.0954. The zero-order valence-corrected chi connectivity index (χ0v) is 17.8. The number of aryl methyl sites for hydroxylation is 1. The number of nitrogens with one attached hydrogen (secondary N) is 2. The van der Waals surface area contributed by atoms with Crippen LogP contribution in [-0.4, -0.2) is 53.2 Å². The third-order valence-electron chi connectivity index (χ3n) is 4.88. The lowest BCUT2D eigenvalue weighted by Crippen LogP contribution is -2.29. The van der Waals surface area contributed by atoms with Gasteiger partial charge in [0.15, 0.2) is 17.3 Å². The zero-order chi connectivity index (χ0) is 21.7. The molecule has 0 unspecified atom stereocenters.